The van der Waals surface area contributed by atoms with Crippen LogP contribution in [0.25, 0.3) is 0 Å². The number of nitrogens with zero attached hydrogens (tertiary/aromatic N) is 1. The number of likely N-dealkylation sites (tertiary alicyclic amines) is 1. The molecule has 2 aromatic rings. The van der Waals surface area contributed by atoms with E-state index in [1.165, 1.54) is 0 Å². The number of hydrogen-bond acceptors (Lipinski definition) is 3. The molecule has 3 rings (SSSR count). The summed E-state index contributed by atoms with van der Waals surface area (Å²) in [4.78, 5) is 38.7. The summed E-state index contributed by atoms with van der Waals surface area (Å²) in [6.07, 6.45) is 0.0743. The number of aryl methyl sites for hydroxylation is 1. The Bertz CT molecular complexity index is 964. The maximum atomic E-state index is 12.7. The summed E-state index contributed by atoms with van der Waals surface area (Å²) in [6, 6.07) is 11.9. The highest BCUT2D eigenvalue weighted by Gasteiger charge is 2.42. The predicted octanol–water partition coefficient (Wildman–Crippen LogP) is 3.58. The SMILES string of the molecule is Cc1ccc(NC(=O)CNC(=O)C2CC(=O)N(C)C2c2cccc(Cl)c2)c(Cl)c1. The molecule has 2 unspecified atom stereocenters. The van der Waals surface area contributed by atoms with Crippen LogP contribution in [-0.2, 0) is 14.4 Å². The van der Waals surface area contributed by atoms with Gasteiger partial charge in [0.05, 0.1) is 29.2 Å². The van der Waals surface area contributed by atoms with Crippen LogP contribution in [0, 0.1) is 12.8 Å². The van der Waals surface area contributed by atoms with E-state index in [-0.39, 0.29) is 24.8 Å². The predicted molar refractivity (Wildman–Crippen MR) is 113 cm³/mol. The van der Waals surface area contributed by atoms with Crippen molar-refractivity contribution in [2.75, 3.05) is 18.9 Å². The first-order valence-corrected chi connectivity index (χ1v) is 9.86. The monoisotopic (exact) mass is 433 g/mol. The van der Waals surface area contributed by atoms with E-state index in [0.717, 1.165) is 11.1 Å². The van der Waals surface area contributed by atoms with Gasteiger partial charge in [0, 0.05) is 18.5 Å². The zero-order valence-corrected chi connectivity index (χ0v) is 17.6. The van der Waals surface area contributed by atoms with E-state index in [2.05, 4.69) is 10.6 Å². The molecule has 0 saturated carbocycles. The number of halogens is 2. The van der Waals surface area contributed by atoms with Crippen molar-refractivity contribution in [3.8, 4) is 0 Å². The number of benzene rings is 2. The third kappa shape index (κ3) is 4.89. The number of rotatable bonds is 5. The van der Waals surface area contributed by atoms with Crippen molar-refractivity contribution in [2.24, 2.45) is 5.92 Å². The highest BCUT2D eigenvalue weighted by Crippen LogP contribution is 2.37. The molecule has 1 heterocycles. The average Bonchev–Trinajstić information content (AvgIpc) is 2.97. The molecule has 1 saturated heterocycles. The van der Waals surface area contributed by atoms with Crippen molar-refractivity contribution in [1.82, 2.24) is 10.2 Å². The molecule has 1 aliphatic heterocycles. The van der Waals surface area contributed by atoms with Gasteiger partial charge in [0.2, 0.25) is 17.7 Å². The zero-order valence-electron chi connectivity index (χ0n) is 16.0. The Labute approximate surface area is 179 Å². The van der Waals surface area contributed by atoms with E-state index in [1.54, 1.807) is 42.3 Å². The molecule has 0 bridgehead atoms. The fraction of sp³-hybridized carbons (Fsp3) is 0.286. The summed E-state index contributed by atoms with van der Waals surface area (Å²) in [7, 11) is 1.66. The minimum Gasteiger partial charge on any atom is -0.347 e. The maximum absolute atomic E-state index is 12.7. The average molecular weight is 434 g/mol. The van der Waals surface area contributed by atoms with Crippen LogP contribution in [0.3, 0.4) is 0 Å². The zero-order chi connectivity index (χ0) is 21.1. The number of amides is 3. The van der Waals surface area contributed by atoms with Crippen molar-refractivity contribution in [3.05, 3.63) is 63.6 Å². The molecule has 0 radical (unpaired) electrons. The molecule has 3 amide bonds. The van der Waals surface area contributed by atoms with Crippen LogP contribution < -0.4 is 10.6 Å². The smallest absolute Gasteiger partial charge is 0.243 e. The number of hydrogen-bond donors (Lipinski definition) is 2. The van der Waals surface area contributed by atoms with Gasteiger partial charge in [0.25, 0.3) is 0 Å². The lowest BCUT2D eigenvalue weighted by Gasteiger charge is -2.25. The molecule has 29 heavy (non-hydrogen) atoms. The number of anilines is 1. The lowest BCUT2D eigenvalue weighted by molar-refractivity contribution is -0.128. The number of carbonyl (C=O) groups excluding carboxylic acids is 3. The second kappa shape index (κ2) is 8.84. The molecule has 2 N–H and O–H groups in total. The summed E-state index contributed by atoms with van der Waals surface area (Å²) < 4.78 is 0. The Balaban J connectivity index is 1.65. The van der Waals surface area contributed by atoms with Crippen LogP contribution in [0.5, 0.6) is 0 Å². The van der Waals surface area contributed by atoms with Crippen LogP contribution >= 0.6 is 23.2 Å². The minimum absolute atomic E-state index is 0.0743. The Morgan fingerprint density at radius 2 is 1.93 bits per heavy atom. The van der Waals surface area contributed by atoms with Crippen LogP contribution in [0.4, 0.5) is 5.69 Å². The fourth-order valence-electron chi connectivity index (χ4n) is 3.47. The van der Waals surface area contributed by atoms with E-state index in [0.29, 0.717) is 15.7 Å². The number of carbonyl (C=O) groups is 3. The van der Waals surface area contributed by atoms with Crippen molar-refractivity contribution in [2.45, 2.75) is 19.4 Å². The highest BCUT2D eigenvalue weighted by molar-refractivity contribution is 6.33. The third-order valence-electron chi connectivity index (χ3n) is 4.94. The quantitative estimate of drug-likeness (QED) is 0.755. The molecule has 8 heteroatoms. The van der Waals surface area contributed by atoms with Crippen LogP contribution in [0.2, 0.25) is 10.0 Å². The standard InChI is InChI=1S/C21H21Cl2N3O3/c1-12-6-7-17(16(23)8-12)25-18(27)11-24-21(29)15-10-19(28)26(2)20(15)13-4-3-5-14(22)9-13/h3-9,15,20H,10-11H2,1-2H3,(H,24,29)(H,25,27). The van der Waals surface area contributed by atoms with Crippen molar-refractivity contribution < 1.29 is 14.4 Å². The molecule has 152 valence electrons. The van der Waals surface area contributed by atoms with Gasteiger partial charge in [0.15, 0.2) is 0 Å². The summed E-state index contributed by atoms with van der Waals surface area (Å²) in [5.41, 5.74) is 2.23. The van der Waals surface area contributed by atoms with Gasteiger partial charge in [-0.25, -0.2) is 0 Å². The van der Waals surface area contributed by atoms with Gasteiger partial charge in [-0.2, -0.15) is 0 Å². The van der Waals surface area contributed by atoms with E-state index >= 15 is 0 Å². The lowest BCUT2D eigenvalue weighted by atomic mass is 9.93. The van der Waals surface area contributed by atoms with Crippen molar-refractivity contribution >= 4 is 46.6 Å². The molecule has 0 spiro atoms. The van der Waals surface area contributed by atoms with Crippen LogP contribution in [0.1, 0.15) is 23.6 Å². The first kappa shape index (κ1) is 21.1. The normalized spacial score (nSPS) is 18.6. The molecule has 0 aromatic heterocycles. The van der Waals surface area contributed by atoms with E-state index in [9.17, 15) is 14.4 Å². The second-order valence-electron chi connectivity index (χ2n) is 7.06. The van der Waals surface area contributed by atoms with E-state index in [4.69, 9.17) is 23.2 Å². The van der Waals surface area contributed by atoms with Gasteiger partial charge in [-0.05, 0) is 42.3 Å². The van der Waals surface area contributed by atoms with E-state index in [1.807, 2.05) is 19.1 Å². The third-order valence-corrected chi connectivity index (χ3v) is 5.48. The summed E-state index contributed by atoms with van der Waals surface area (Å²) in [5.74, 6) is -1.51. The van der Waals surface area contributed by atoms with Gasteiger partial charge in [0.1, 0.15) is 0 Å². The molecule has 1 aliphatic rings. The van der Waals surface area contributed by atoms with Crippen LogP contribution in [0.15, 0.2) is 42.5 Å². The fourth-order valence-corrected chi connectivity index (χ4v) is 3.95. The van der Waals surface area contributed by atoms with Gasteiger partial charge in [-0.3, -0.25) is 14.4 Å². The number of nitrogens with one attached hydrogen (secondary N) is 2. The Hall–Kier alpha value is -2.57. The maximum Gasteiger partial charge on any atom is 0.243 e. The molecule has 6 nitrogen and oxygen atoms in total. The van der Waals surface area contributed by atoms with Gasteiger partial charge in [-0.15, -0.1) is 0 Å². The molecule has 2 atom stereocenters. The van der Waals surface area contributed by atoms with Crippen LogP contribution in [-0.4, -0.2) is 36.2 Å². The van der Waals surface area contributed by atoms with Crippen molar-refractivity contribution in [3.63, 3.8) is 0 Å². The Morgan fingerprint density at radius 3 is 2.62 bits per heavy atom. The molecular formula is C21H21Cl2N3O3. The largest absolute Gasteiger partial charge is 0.347 e. The van der Waals surface area contributed by atoms with Crippen molar-refractivity contribution in [1.29, 1.82) is 0 Å². The summed E-state index contributed by atoms with van der Waals surface area (Å²) >= 11 is 12.2. The Kier molecular flexibility index (Phi) is 6.45. The minimum atomic E-state index is -0.610. The first-order valence-electron chi connectivity index (χ1n) is 9.11. The van der Waals surface area contributed by atoms with E-state index < -0.39 is 17.9 Å². The van der Waals surface area contributed by atoms with Gasteiger partial charge >= 0.3 is 0 Å². The molecule has 0 aliphatic carbocycles. The van der Waals surface area contributed by atoms with Gasteiger partial charge in [-0.1, -0.05) is 41.4 Å². The molecule has 1 fully saturated rings. The Morgan fingerprint density at radius 1 is 1.17 bits per heavy atom. The topological polar surface area (TPSA) is 78.5 Å². The first-order chi connectivity index (χ1) is 13.8. The molecular weight excluding hydrogens is 413 g/mol. The highest BCUT2D eigenvalue weighted by atomic mass is 35.5. The second-order valence-corrected chi connectivity index (χ2v) is 7.91. The molecule has 2 aromatic carbocycles. The lowest BCUT2D eigenvalue weighted by Crippen LogP contribution is -2.38. The van der Waals surface area contributed by atoms with Gasteiger partial charge < -0.3 is 15.5 Å². The summed E-state index contributed by atoms with van der Waals surface area (Å²) in [6.45, 7) is 1.67. The summed E-state index contributed by atoms with van der Waals surface area (Å²) in [5, 5.41) is 6.25.